The number of hydrogen-bond acceptors (Lipinski definition) is 0. The quantitative estimate of drug-likeness (QED) is 0.301. The van der Waals surface area contributed by atoms with Gasteiger partial charge in [-0.05, 0) is 25.7 Å². The van der Waals surface area contributed by atoms with Gasteiger partial charge in [0.05, 0.1) is 0 Å². The molecule has 0 unspecified atom stereocenters. The van der Waals surface area contributed by atoms with Gasteiger partial charge in [0.1, 0.15) is 0 Å². The molecule has 0 N–H and O–H groups in total. The van der Waals surface area contributed by atoms with Gasteiger partial charge in [-0.25, -0.2) is 0 Å². The Labute approximate surface area is 76.0 Å². The normalized spacial score (nSPS) is 11.0. The lowest BCUT2D eigenvalue weighted by Gasteiger charge is -1.83. The highest BCUT2D eigenvalue weighted by Gasteiger charge is 1.73. The van der Waals surface area contributed by atoms with E-state index in [0.29, 0.717) is 0 Å². The summed E-state index contributed by atoms with van der Waals surface area (Å²) in [5, 5.41) is 0. The first-order chi connectivity index (χ1) is 5.91. The summed E-state index contributed by atoms with van der Waals surface area (Å²) in [5.41, 5.74) is 0. The van der Waals surface area contributed by atoms with Crippen LogP contribution in [0.1, 0.15) is 25.7 Å². The van der Waals surface area contributed by atoms with Crippen LogP contribution in [-0.4, -0.2) is 0 Å². The predicted octanol–water partition coefficient (Wildman–Crippen LogP) is 4.03. The van der Waals surface area contributed by atoms with Gasteiger partial charge >= 0.3 is 0 Å². The first-order valence-corrected chi connectivity index (χ1v) is 4.45. The van der Waals surface area contributed by atoms with Gasteiger partial charge in [-0.1, -0.05) is 36.5 Å². The molecule has 0 heteroatoms. The van der Waals surface area contributed by atoms with Gasteiger partial charge in [-0.3, -0.25) is 0 Å². The van der Waals surface area contributed by atoms with E-state index in [9.17, 15) is 0 Å². The molecule has 0 saturated carbocycles. The standard InChI is InChI=1S/C12H18/c1-3-5-7-9-11-12-10-8-6-4-2/h3-4,9-12H,1-2,5-8H2/b11-9+,12-10+. The van der Waals surface area contributed by atoms with Crippen molar-refractivity contribution in [3.05, 3.63) is 49.6 Å². The molecule has 0 aromatic rings. The molecule has 0 bridgehead atoms. The number of allylic oxidation sites excluding steroid dienone is 6. The van der Waals surface area contributed by atoms with Gasteiger partial charge in [0.25, 0.3) is 0 Å². The predicted molar refractivity (Wildman–Crippen MR) is 57.1 cm³/mol. The fourth-order valence-corrected chi connectivity index (χ4v) is 0.778. The summed E-state index contributed by atoms with van der Waals surface area (Å²) in [6.07, 6.45) is 16.7. The van der Waals surface area contributed by atoms with E-state index in [1.165, 1.54) is 0 Å². The molecule has 0 aliphatic carbocycles. The van der Waals surface area contributed by atoms with Crippen LogP contribution in [0.5, 0.6) is 0 Å². The van der Waals surface area contributed by atoms with Crippen LogP contribution in [0.15, 0.2) is 49.6 Å². The lowest BCUT2D eigenvalue weighted by Crippen LogP contribution is -1.63. The number of rotatable bonds is 7. The highest BCUT2D eigenvalue weighted by Crippen LogP contribution is 1.94. The van der Waals surface area contributed by atoms with E-state index in [-0.39, 0.29) is 0 Å². The van der Waals surface area contributed by atoms with Gasteiger partial charge in [-0.15, -0.1) is 13.2 Å². The van der Waals surface area contributed by atoms with Crippen LogP contribution in [0.2, 0.25) is 0 Å². The largest absolute Gasteiger partial charge is 0.103 e. The van der Waals surface area contributed by atoms with Crippen LogP contribution in [0, 0.1) is 0 Å². The van der Waals surface area contributed by atoms with E-state index in [1.54, 1.807) is 0 Å². The second kappa shape index (κ2) is 9.96. The van der Waals surface area contributed by atoms with Crippen molar-refractivity contribution in [1.29, 1.82) is 0 Å². The van der Waals surface area contributed by atoms with Gasteiger partial charge in [-0.2, -0.15) is 0 Å². The zero-order valence-electron chi connectivity index (χ0n) is 7.71. The highest BCUT2D eigenvalue weighted by molar-refractivity contribution is 5.03. The smallest absolute Gasteiger partial charge is 0.0313 e. The maximum Gasteiger partial charge on any atom is -0.0313 e. The van der Waals surface area contributed by atoms with Gasteiger partial charge < -0.3 is 0 Å². The minimum absolute atomic E-state index is 1.07. The Morgan fingerprint density at radius 2 is 1.08 bits per heavy atom. The summed E-state index contributed by atoms with van der Waals surface area (Å²) in [7, 11) is 0. The molecule has 0 nitrogen and oxygen atoms in total. The summed E-state index contributed by atoms with van der Waals surface area (Å²) in [5.74, 6) is 0. The Balaban J connectivity index is 3.26. The third-order valence-electron chi connectivity index (χ3n) is 1.46. The molecule has 12 heavy (non-hydrogen) atoms. The van der Waals surface area contributed by atoms with Crippen molar-refractivity contribution in [2.45, 2.75) is 25.7 Å². The van der Waals surface area contributed by atoms with Gasteiger partial charge in [0.2, 0.25) is 0 Å². The first-order valence-electron chi connectivity index (χ1n) is 4.45. The van der Waals surface area contributed by atoms with Gasteiger partial charge in [0.15, 0.2) is 0 Å². The van der Waals surface area contributed by atoms with Crippen molar-refractivity contribution in [2.24, 2.45) is 0 Å². The van der Waals surface area contributed by atoms with Crippen molar-refractivity contribution in [2.75, 3.05) is 0 Å². The molecule has 0 aliphatic rings. The fourth-order valence-electron chi connectivity index (χ4n) is 0.778. The van der Waals surface area contributed by atoms with Crippen LogP contribution in [0.4, 0.5) is 0 Å². The molecule has 0 atom stereocenters. The molecule has 0 heterocycles. The molecule has 0 aliphatic heterocycles. The first kappa shape index (κ1) is 11.0. The minimum atomic E-state index is 1.07. The lowest BCUT2D eigenvalue weighted by atomic mass is 10.2. The lowest BCUT2D eigenvalue weighted by molar-refractivity contribution is 1.05. The Kier molecular flexibility index (Phi) is 9.10. The Morgan fingerprint density at radius 3 is 1.42 bits per heavy atom. The second-order valence-corrected chi connectivity index (χ2v) is 2.59. The summed E-state index contributed by atoms with van der Waals surface area (Å²) >= 11 is 0. The van der Waals surface area contributed by atoms with Crippen molar-refractivity contribution in [3.8, 4) is 0 Å². The summed E-state index contributed by atoms with van der Waals surface area (Å²) in [6.45, 7) is 7.31. The van der Waals surface area contributed by atoms with Crippen LogP contribution < -0.4 is 0 Å². The average Bonchev–Trinajstić information content (AvgIpc) is 2.10. The molecule has 0 radical (unpaired) electrons. The molecule has 0 aromatic carbocycles. The summed E-state index contributed by atoms with van der Waals surface area (Å²) < 4.78 is 0. The molecule has 0 rings (SSSR count). The van der Waals surface area contributed by atoms with E-state index in [2.05, 4.69) is 37.5 Å². The summed E-state index contributed by atoms with van der Waals surface area (Å²) in [4.78, 5) is 0. The van der Waals surface area contributed by atoms with Gasteiger partial charge in [0, 0.05) is 0 Å². The molecule has 0 spiro atoms. The maximum absolute atomic E-state index is 3.66. The summed E-state index contributed by atoms with van der Waals surface area (Å²) in [6, 6.07) is 0. The Hall–Kier alpha value is -1.04. The molecule has 66 valence electrons. The Morgan fingerprint density at radius 1 is 0.667 bits per heavy atom. The SMILES string of the molecule is C=CCC/C=C/C=C/CCC=C. The van der Waals surface area contributed by atoms with Crippen molar-refractivity contribution < 1.29 is 0 Å². The zero-order chi connectivity index (χ0) is 9.07. The molecular formula is C12H18. The molecule has 0 aromatic heterocycles. The molecule has 0 saturated heterocycles. The molecule has 0 fully saturated rings. The highest BCUT2D eigenvalue weighted by atomic mass is 13.8. The second-order valence-electron chi connectivity index (χ2n) is 2.59. The van der Waals surface area contributed by atoms with E-state index in [0.717, 1.165) is 25.7 Å². The third kappa shape index (κ3) is 8.96. The van der Waals surface area contributed by atoms with E-state index < -0.39 is 0 Å². The van der Waals surface area contributed by atoms with Crippen LogP contribution in [0.3, 0.4) is 0 Å². The maximum atomic E-state index is 3.66. The van der Waals surface area contributed by atoms with E-state index in [4.69, 9.17) is 0 Å². The topological polar surface area (TPSA) is 0 Å². The average molecular weight is 162 g/mol. The number of hydrogen-bond donors (Lipinski definition) is 0. The van der Waals surface area contributed by atoms with Crippen molar-refractivity contribution >= 4 is 0 Å². The van der Waals surface area contributed by atoms with Crippen LogP contribution in [-0.2, 0) is 0 Å². The molecular weight excluding hydrogens is 144 g/mol. The van der Waals surface area contributed by atoms with Crippen LogP contribution >= 0.6 is 0 Å². The number of unbranched alkanes of at least 4 members (excludes halogenated alkanes) is 2. The zero-order valence-corrected chi connectivity index (χ0v) is 7.71. The van der Waals surface area contributed by atoms with Crippen LogP contribution in [0.25, 0.3) is 0 Å². The molecule has 0 amide bonds. The minimum Gasteiger partial charge on any atom is -0.103 e. The van der Waals surface area contributed by atoms with E-state index >= 15 is 0 Å². The van der Waals surface area contributed by atoms with E-state index in [1.807, 2.05) is 12.2 Å². The van der Waals surface area contributed by atoms with Crippen molar-refractivity contribution in [3.63, 3.8) is 0 Å². The van der Waals surface area contributed by atoms with Crippen molar-refractivity contribution in [1.82, 2.24) is 0 Å². The Bertz CT molecular complexity index is 141. The fraction of sp³-hybridized carbons (Fsp3) is 0.333. The third-order valence-corrected chi connectivity index (χ3v) is 1.46. The monoisotopic (exact) mass is 162 g/mol.